The van der Waals surface area contributed by atoms with Crippen molar-refractivity contribution in [2.75, 3.05) is 6.61 Å². The standard InChI is InChI=1S/C12H22O/c1-4-5-12-7-6-11(3,13-9-12)10(2)8-12/h10H,4-9H2,1-3H3/t10?,11-,12+/m1/s1. The van der Waals surface area contributed by atoms with Gasteiger partial charge in [0.05, 0.1) is 12.2 Å². The molecule has 1 heteroatoms. The molecule has 3 fully saturated rings. The lowest BCUT2D eigenvalue weighted by Gasteiger charge is -2.55. The van der Waals surface area contributed by atoms with E-state index in [-0.39, 0.29) is 5.60 Å². The van der Waals surface area contributed by atoms with Crippen molar-refractivity contribution in [3.05, 3.63) is 0 Å². The first-order valence-electron chi connectivity index (χ1n) is 5.74. The van der Waals surface area contributed by atoms with Crippen LogP contribution in [0.5, 0.6) is 0 Å². The summed E-state index contributed by atoms with van der Waals surface area (Å²) in [5, 5.41) is 0. The first-order chi connectivity index (χ1) is 6.10. The van der Waals surface area contributed by atoms with Crippen molar-refractivity contribution >= 4 is 0 Å². The number of ether oxygens (including phenoxy) is 1. The van der Waals surface area contributed by atoms with Crippen molar-refractivity contribution < 1.29 is 4.74 Å². The van der Waals surface area contributed by atoms with Crippen LogP contribution in [0.15, 0.2) is 0 Å². The van der Waals surface area contributed by atoms with E-state index in [4.69, 9.17) is 4.74 Å². The third-order valence-electron chi connectivity index (χ3n) is 4.42. The zero-order chi connectivity index (χ0) is 9.53. The van der Waals surface area contributed by atoms with E-state index >= 15 is 0 Å². The zero-order valence-electron chi connectivity index (χ0n) is 9.23. The van der Waals surface area contributed by atoms with Crippen LogP contribution >= 0.6 is 0 Å². The van der Waals surface area contributed by atoms with E-state index in [1.165, 1.54) is 32.1 Å². The Morgan fingerprint density at radius 3 is 2.62 bits per heavy atom. The van der Waals surface area contributed by atoms with Crippen molar-refractivity contribution in [2.24, 2.45) is 11.3 Å². The quantitative estimate of drug-likeness (QED) is 0.636. The fourth-order valence-corrected chi connectivity index (χ4v) is 3.22. The third kappa shape index (κ3) is 1.41. The van der Waals surface area contributed by atoms with Gasteiger partial charge < -0.3 is 4.74 Å². The molecule has 3 rings (SSSR count). The van der Waals surface area contributed by atoms with Gasteiger partial charge in [-0.15, -0.1) is 0 Å². The molecule has 2 saturated heterocycles. The molecule has 1 nitrogen and oxygen atoms in total. The SMILES string of the molecule is CCC[C@@]12CC[C@@](C)(OC1)C(C)C2. The monoisotopic (exact) mass is 182 g/mol. The van der Waals surface area contributed by atoms with Crippen LogP contribution in [0.1, 0.15) is 52.9 Å². The molecule has 0 amide bonds. The molecular formula is C12H22O. The third-order valence-corrected chi connectivity index (χ3v) is 4.42. The van der Waals surface area contributed by atoms with E-state index in [1.54, 1.807) is 0 Å². The van der Waals surface area contributed by atoms with Crippen LogP contribution < -0.4 is 0 Å². The predicted octanol–water partition coefficient (Wildman–Crippen LogP) is 3.38. The van der Waals surface area contributed by atoms with Gasteiger partial charge in [-0.2, -0.15) is 0 Å². The summed E-state index contributed by atoms with van der Waals surface area (Å²) in [5.41, 5.74) is 0.779. The molecule has 0 radical (unpaired) electrons. The maximum absolute atomic E-state index is 6.03. The van der Waals surface area contributed by atoms with Gasteiger partial charge in [-0.1, -0.05) is 20.3 Å². The van der Waals surface area contributed by atoms with E-state index < -0.39 is 0 Å². The van der Waals surface area contributed by atoms with Crippen LogP contribution in [-0.2, 0) is 4.74 Å². The molecule has 0 aromatic carbocycles. The van der Waals surface area contributed by atoms with Crippen LogP contribution in [0.4, 0.5) is 0 Å². The highest BCUT2D eigenvalue weighted by Gasteiger charge is 2.50. The molecule has 3 aliphatic rings. The molecule has 0 aromatic heterocycles. The van der Waals surface area contributed by atoms with E-state index in [0.717, 1.165) is 12.5 Å². The van der Waals surface area contributed by atoms with Crippen LogP contribution in [0, 0.1) is 11.3 Å². The Hall–Kier alpha value is -0.0400. The van der Waals surface area contributed by atoms with E-state index in [2.05, 4.69) is 20.8 Å². The molecule has 0 aromatic rings. The van der Waals surface area contributed by atoms with Crippen LogP contribution in [0.3, 0.4) is 0 Å². The lowest BCUT2D eigenvalue weighted by atomic mass is 9.60. The van der Waals surface area contributed by atoms with Gasteiger partial charge in [0.2, 0.25) is 0 Å². The average molecular weight is 182 g/mol. The summed E-state index contributed by atoms with van der Waals surface area (Å²) < 4.78 is 6.03. The second-order valence-electron chi connectivity index (χ2n) is 5.46. The van der Waals surface area contributed by atoms with Gasteiger partial charge in [-0.05, 0) is 43.9 Å². The van der Waals surface area contributed by atoms with Crippen molar-refractivity contribution in [3.63, 3.8) is 0 Å². The zero-order valence-corrected chi connectivity index (χ0v) is 9.23. The van der Waals surface area contributed by atoms with Gasteiger partial charge in [0.25, 0.3) is 0 Å². The molecule has 3 atom stereocenters. The Morgan fingerprint density at radius 2 is 2.15 bits per heavy atom. The largest absolute Gasteiger partial charge is 0.374 e. The van der Waals surface area contributed by atoms with Crippen molar-refractivity contribution in [2.45, 2.75) is 58.5 Å². The van der Waals surface area contributed by atoms with Crippen molar-refractivity contribution in [1.29, 1.82) is 0 Å². The summed E-state index contributed by atoms with van der Waals surface area (Å²) in [6.07, 6.45) is 6.77. The van der Waals surface area contributed by atoms with Crippen molar-refractivity contribution in [1.82, 2.24) is 0 Å². The number of hydrogen-bond acceptors (Lipinski definition) is 1. The fourth-order valence-electron chi connectivity index (χ4n) is 3.22. The molecule has 76 valence electrons. The Labute approximate surface area is 81.9 Å². The van der Waals surface area contributed by atoms with Crippen LogP contribution in [-0.4, -0.2) is 12.2 Å². The summed E-state index contributed by atoms with van der Waals surface area (Å²) in [5.74, 6) is 0.765. The minimum absolute atomic E-state index is 0.218. The molecule has 13 heavy (non-hydrogen) atoms. The number of hydrogen-bond donors (Lipinski definition) is 0. The summed E-state index contributed by atoms with van der Waals surface area (Å²) in [7, 11) is 0. The maximum atomic E-state index is 6.03. The molecular weight excluding hydrogens is 160 g/mol. The molecule has 2 bridgehead atoms. The fraction of sp³-hybridized carbons (Fsp3) is 1.00. The normalized spacial score (nSPS) is 49.6. The first-order valence-corrected chi connectivity index (χ1v) is 5.74. The summed E-state index contributed by atoms with van der Waals surface area (Å²) in [6, 6.07) is 0. The summed E-state index contributed by atoms with van der Waals surface area (Å²) in [6.45, 7) is 7.99. The average Bonchev–Trinajstić information content (AvgIpc) is 2.09. The highest BCUT2D eigenvalue weighted by atomic mass is 16.5. The molecule has 1 aliphatic carbocycles. The van der Waals surface area contributed by atoms with Gasteiger partial charge in [-0.3, -0.25) is 0 Å². The molecule has 1 unspecified atom stereocenters. The molecule has 1 saturated carbocycles. The van der Waals surface area contributed by atoms with Gasteiger partial charge in [0.15, 0.2) is 0 Å². The minimum atomic E-state index is 0.218. The Bertz CT molecular complexity index is 189. The Kier molecular flexibility index (Phi) is 2.18. The second kappa shape index (κ2) is 2.98. The van der Waals surface area contributed by atoms with Crippen LogP contribution in [0.2, 0.25) is 0 Å². The van der Waals surface area contributed by atoms with Gasteiger partial charge in [0, 0.05) is 0 Å². The van der Waals surface area contributed by atoms with Gasteiger partial charge in [-0.25, -0.2) is 0 Å². The summed E-state index contributed by atoms with van der Waals surface area (Å²) >= 11 is 0. The van der Waals surface area contributed by atoms with E-state index in [9.17, 15) is 0 Å². The molecule has 2 aliphatic heterocycles. The number of fused-ring (bicyclic) bond motifs is 3. The lowest BCUT2D eigenvalue weighted by molar-refractivity contribution is -0.206. The van der Waals surface area contributed by atoms with Crippen molar-refractivity contribution in [3.8, 4) is 0 Å². The van der Waals surface area contributed by atoms with Gasteiger partial charge >= 0.3 is 0 Å². The molecule has 2 heterocycles. The number of rotatable bonds is 2. The second-order valence-corrected chi connectivity index (χ2v) is 5.46. The molecule has 0 N–H and O–H groups in total. The maximum Gasteiger partial charge on any atom is 0.0680 e. The summed E-state index contributed by atoms with van der Waals surface area (Å²) in [4.78, 5) is 0. The minimum Gasteiger partial charge on any atom is -0.374 e. The topological polar surface area (TPSA) is 9.23 Å². The first kappa shape index (κ1) is 9.51. The lowest BCUT2D eigenvalue weighted by Crippen LogP contribution is -2.54. The van der Waals surface area contributed by atoms with E-state index in [1.807, 2.05) is 0 Å². The highest BCUT2D eigenvalue weighted by Crippen LogP contribution is 2.53. The Morgan fingerprint density at radius 1 is 1.38 bits per heavy atom. The Balaban J connectivity index is 2.12. The highest BCUT2D eigenvalue weighted by molar-refractivity contribution is 5.00. The smallest absolute Gasteiger partial charge is 0.0680 e. The van der Waals surface area contributed by atoms with Gasteiger partial charge in [0.1, 0.15) is 0 Å². The molecule has 0 spiro atoms. The predicted molar refractivity (Wildman–Crippen MR) is 54.7 cm³/mol. The van der Waals surface area contributed by atoms with Crippen LogP contribution in [0.25, 0.3) is 0 Å². The van der Waals surface area contributed by atoms with E-state index in [0.29, 0.717) is 5.41 Å².